The first kappa shape index (κ1) is 11.4. The first-order valence-electron chi connectivity index (χ1n) is 4.93. The van der Waals surface area contributed by atoms with Gasteiger partial charge in [0.1, 0.15) is 0 Å². The monoisotopic (exact) mass is 371 g/mol. The van der Waals surface area contributed by atoms with E-state index in [9.17, 15) is 4.21 Å². The molecule has 1 heterocycles. The minimum atomic E-state index is -1.12. The highest BCUT2D eigenvalue weighted by atomic mass is 79.9. The predicted octanol–water partition coefficient (Wildman–Crippen LogP) is 4.44. The van der Waals surface area contributed by atoms with E-state index in [1.54, 1.807) is 0 Å². The molecule has 0 aliphatic carbocycles. The topological polar surface area (TPSA) is 29.1 Å². The molecule has 17 heavy (non-hydrogen) atoms. The summed E-state index contributed by atoms with van der Waals surface area (Å²) in [5, 5.41) is 3.30. The molecule has 0 bridgehead atoms. The number of halogens is 2. The van der Waals surface area contributed by atoms with Crippen molar-refractivity contribution < 1.29 is 4.21 Å². The number of hydrogen-bond donors (Lipinski definition) is 1. The second-order valence-electron chi connectivity index (χ2n) is 3.67. The number of benzene rings is 2. The summed E-state index contributed by atoms with van der Waals surface area (Å²) in [6.45, 7) is 0. The van der Waals surface area contributed by atoms with Crippen LogP contribution < -0.4 is 5.32 Å². The standard InChI is InChI=1S/C12H7Br2NOS/c13-7-2-4-11-10(5-7)15-9-3-1-8(14)6-12(9)17(11)16/h1-6,15H. The SMILES string of the molecule is O=S1c2ccc(Br)cc2Nc2ccc(Br)cc21. The van der Waals surface area contributed by atoms with Crippen LogP contribution in [0.1, 0.15) is 0 Å². The second kappa shape index (κ2) is 4.23. The Labute approximate surface area is 118 Å². The van der Waals surface area contributed by atoms with E-state index < -0.39 is 10.8 Å². The number of anilines is 2. The number of rotatable bonds is 0. The second-order valence-corrected chi connectivity index (χ2v) is 6.92. The van der Waals surface area contributed by atoms with E-state index in [1.807, 2.05) is 36.4 Å². The van der Waals surface area contributed by atoms with Crippen LogP contribution >= 0.6 is 31.9 Å². The molecule has 0 radical (unpaired) electrons. The lowest BCUT2D eigenvalue weighted by Crippen LogP contribution is -2.08. The van der Waals surface area contributed by atoms with Crippen LogP contribution in [0.4, 0.5) is 11.4 Å². The Kier molecular flexibility index (Phi) is 2.84. The third kappa shape index (κ3) is 1.96. The van der Waals surface area contributed by atoms with Crippen molar-refractivity contribution in [1.82, 2.24) is 0 Å². The molecule has 2 nitrogen and oxygen atoms in total. The Bertz CT molecular complexity index is 642. The largest absolute Gasteiger partial charge is 0.353 e. The molecule has 0 saturated carbocycles. The number of hydrogen-bond acceptors (Lipinski definition) is 2. The third-order valence-corrected chi connectivity index (χ3v) is 5.03. The van der Waals surface area contributed by atoms with Crippen molar-refractivity contribution in [2.24, 2.45) is 0 Å². The van der Waals surface area contributed by atoms with E-state index in [0.717, 1.165) is 30.1 Å². The molecule has 0 aromatic heterocycles. The van der Waals surface area contributed by atoms with Gasteiger partial charge in [0, 0.05) is 8.95 Å². The van der Waals surface area contributed by atoms with Gasteiger partial charge in [0.05, 0.1) is 32.0 Å². The van der Waals surface area contributed by atoms with Gasteiger partial charge in [0.15, 0.2) is 0 Å². The molecule has 0 amide bonds. The average molecular weight is 373 g/mol. The summed E-state index contributed by atoms with van der Waals surface area (Å²) in [6, 6.07) is 11.5. The Morgan fingerprint density at radius 2 is 1.59 bits per heavy atom. The smallest absolute Gasteiger partial charge is 0.0892 e. The van der Waals surface area contributed by atoms with E-state index in [0.29, 0.717) is 0 Å². The average Bonchev–Trinajstić information content (AvgIpc) is 2.30. The van der Waals surface area contributed by atoms with Crippen LogP contribution in [-0.4, -0.2) is 4.21 Å². The van der Waals surface area contributed by atoms with Gasteiger partial charge in [0.25, 0.3) is 0 Å². The molecule has 3 rings (SSSR count). The van der Waals surface area contributed by atoms with E-state index in [1.165, 1.54) is 0 Å². The highest BCUT2D eigenvalue weighted by molar-refractivity contribution is 9.10. The Morgan fingerprint density at radius 3 is 2.41 bits per heavy atom. The maximum Gasteiger partial charge on any atom is 0.0892 e. The Morgan fingerprint density at radius 1 is 0.882 bits per heavy atom. The summed E-state index contributed by atoms with van der Waals surface area (Å²) in [6.07, 6.45) is 0. The van der Waals surface area contributed by atoms with Crippen LogP contribution in [0, 0.1) is 0 Å². The van der Waals surface area contributed by atoms with E-state index in [-0.39, 0.29) is 0 Å². The van der Waals surface area contributed by atoms with Crippen molar-refractivity contribution in [3.63, 3.8) is 0 Å². The summed E-state index contributed by atoms with van der Waals surface area (Å²) < 4.78 is 14.3. The van der Waals surface area contributed by atoms with Crippen molar-refractivity contribution in [2.75, 3.05) is 5.32 Å². The molecular weight excluding hydrogens is 366 g/mol. The highest BCUT2D eigenvalue weighted by Crippen LogP contribution is 2.39. The molecule has 1 aliphatic heterocycles. The van der Waals surface area contributed by atoms with Crippen molar-refractivity contribution in [3.8, 4) is 0 Å². The first-order chi connectivity index (χ1) is 8.15. The zero-order valence-electron chi connectivity index (χ0n) is 8.54. The van der Waals surface area contributed by atoms with Crippen molar-refractivity contribution in [1.29, 1.82) is 0 Å². The number of nitrogens with one attached hydrogen (secondary N) is 1. The van der Waals surface area contributed by atoms with E-state index in [4.69, 9.17) is 0 Å². The lowest BCUT2D eigenvalue weighted by Gasteiger charge is -2.21. The molecule has 0 fully saturated rings. The highest BCUT2D eigenvalue weighted by Gasteiger charge is 2.21. The molecule has 1 aliphatic rings. The van der Waals surface area contributed by atoms with Crippen molar-refractivity contribution in [3.05, 3.63) is 45.3 Å². The van der Waals surface area contributed by atoms with Gasteiger partial charge in [-0.1, -0.05) is 31.9 Å². The molecule has 0 saturated heterocycles. The summed E-state index contributed by atoms with van der Waals surface area (Å²) in [7, 11) is -1.12. The molecule has 86 valence electrons. The van der Waals surface area contributed by atoms with Crippen LogP contribution in [0.25, 0.3) is 0 Å². The van der Waals surface area contributed by atoms with Crippen molar-refractivity contribution in [2.45, 2.75) is 9.79 Å². The van der Waals surface area contributed by atoms with Gasteiger partial charge in [-0.25, -0.2) is 4.21 Å². The zero-order valence-corrected chi connectivity index (χ0v) is 12.5. The molecule has 2 aromatic rings. The van der Waals surface area contributed by atoms with Crippen molar-refractivity contribution >= 4 is 54.0 Å². The van der Waals surface area contributed by atoms with Gasteiger partial charge >= 0.3 is 0 Å². The lowest BCUT2D eigenvalue weighted by atomic mass is 10.2. The maximum absolute atomic E-state index is 12.4. The van der Waals surface area contributed by atoms with Gasteiger partial charge in [-0.15, -0.1) is 0 Å². The minimum absolute atomic E-state index is 0.814. The predicted molar refractivity (Wildman–Crippen MR) is 76.2 cm³/mol. The van der Waals surface area contributed by atoms with Gasteiger partial charge in [-0.3, -0.25) is 0 Å². The molecule has 1 atom stereocenters. The van der Waals surface area contributed by atoms with Crippen LogP contribution in [0.5, 0.6) is 0 Å². The normalized spacial score (nSPS) is 16.9. The molecule has 1 N–H and O–H groups in total. The minimum Gasteiger partial charge on any atom is -0.353 e. The van der Waals surface area contributed by atoms with Crippen LogP contribution in [-0.2, 0) is 10.8 Å². The van der Waals surface area contributed by atoms with Crippen LogP contribution in [0.3, 0.4) is 0 Å². The van der Waals surface area contributed by atoms with Gasteiger partial charge in [0.2, 0.25) is 0 Å². The molecule has 1 unspecified atom stereocenters. The lowest BCUT2D eigenvalue weighted by molar-refractivity contribution is 0.683. The zero-order chi connectivity index (χ0) is 12.0. The van der Waals surface area contributed by atoms with Gasteiger partial charge in [-0.05, 0) is 36.4 Å². The summed E-state index contributed by atoms with van der Waals surface area (Å²) in [4.78, 5) is 1.63. The van der Waals surface area contributed by atoms with Gasteiger partial charge in [-0.2, -0.15) is 0 Å². The maximum atomic E-state index is 12.4. The first-order valence-corrected chi connectivity index (χ1v) is 7.66. The fourth-order valence-electron chi connectivity index (χ4n) is 1.78. The van der Waals surface area contributed by atoms with Crippen LogP contribution in [0.2, 0.25) is 0 Å². The van der Waals surface area contributed by atoms with E-state index >= 15 is 0 Å². The Hall–Kier alpha value is -0.650. The summed E-state index contributed by atoms with van der Waals surface area (Å²) in [5.41, 5.74) is 1.80. The fourth-order valence-corrected chi connectivity index (χ4v) is 3.94. The third-order valence-electron chi connectivity index (χ3n) is 2.55. The molecular formula is C12H7Br2NOS. The molecule has 0 spiro atoms. The molecule has 5 heteroatoms. The number of fused-ring (bicyclic) bond motifs is 2. The summed E-state index contributed by atoms with van der Waals surface area (Å²) in [5.74, 6) is 0. The quantitative estimate of drug-likeness (QED) is 0.632. The van der Waals surface area contributed by atoms with E-state index in [2.05, 4.69) is 37.2 Å². The van der Waals surface area contributed by atoms with Gasteiger partial charge < -0.3 is 5.32 Å². The van der Waals surface area contributed by atoms with Crippen LogP contribution in [0.15, 0.2) is 55.1 Å². The Balaban J connectivity index is 2.21. The summed E-state index contributed by atoms with van der Waals surface area (Å²) >= 11 is 6.82. The molecule has 2 aromatic carbocycles. The fraction of sp³-hybridized carbons (Fsp3) is 0.